The summed E-state index contributed by atoms with van der Waals surface area (Å²) in [6.45, 7) is 6.71. The standard InChI is InChI=1S/C21H24N2O3S2/c1-4-26-21-16(2)11-20(12-17(21)3)28(24,25)23(13-18-8-10-27-15-18)14-19-7-5-6-9-22-19/h5-12,15H,4,13-14H2,1-3H3. The number of hydrogen-bond donors (Lipinski definition) is 0. The third kappa shape index (κ3) is 4.60. The van der Waals surface area contributed by atoms with Crippen molar-refractivity contribution < 1.29 is 13.2 Å². The number of ether oxygens (including phenoxy) is 1. The number of benzene rings is 1. The average molecular weight is 417 g/mol. The summed E-state index contributed by atoms with van der Waals surface area (Å²) in [5.74, 6) is 0.746. The maximum Gasteiger partial charge on any atom is 0.243 e. The van der Waals surface area contributed by atoms with Crippen LogP contribution >= 0.6 is 11.3 Å². The first-order valence-electron chi connectivity index (χ1n) is 9.07. The van der Waals surface area contributed by atoms with Crippen molar-refractivity contribution in [2.24, 2.45) is 0 Å². The maximum atomic E-state index is 13.5. The van der Waals surface area contributed by atoms with E-state index in [1.165, 1.54) is 4.31 Å². The number of pyridine rings is 1. The predicted octanol–water partition coefficient (Wildman–Crippen LogP) is 4.55. The van der Waals surface area contributed by atoms with Crippen LogP contribution in [0.15, 0.2) is 58.3 Å². The highest BCUT2D eigenvalue weighted by Crippen LogP contribution is 2.29. The van der Waals surface area contributed by atoms with Gasteiger partial charge in [0.1, 0.15) is 5.75 Å². The van der Waals surface area contributed by atoms with E-state index in [-0.39, 0.29) is 11.4 Å². The number of sulfonamides is 1. The Balaban J connectivity index is 2.00. The summed E-state index contributed by atoms with van der Waals surface area (Å²) < 4.78 is 34.1. The fourth-order valence-corrected chi connectivity index (χ4v) is 5.30. The van der Waals surface area contributed by atoms with E-state index in [0.29, 0.717) is 18.8 Å². The van der Waals surface area contributed by atoms with Gasteiger partial charge < -0.3 is 4.74 Å². The molecule has 3 aromatic rings. The molecule has 3 rings (SSSR count). The Labute approximate surface area is 170 Å². The molecule has 2 aromatic heterocycles. The Morgan fingerprint density at radius 3 is 2.43 bits per heavy atom. The van der Waals surface area contributed by atoms with Gasteiger partial charge in [0, 0.05) is 12.7 Å². The summed E-state index contributed by atoms with van der Waals surface area (Å²) in [6, 6.07) is 10.8. The van der Waals surface area contributed by atoms with Crippen LogP contribution in [0.4, 0.5) is 0 Å². The zero-order valence-electron chi connectivity index (χ0n) is 16.3. The number of thiophene rings is 1. The molecule has 0 spiro atoms. The first-order valence-corrected chi connectivity index (χ1v) is 11.4. The fraction of sp³-hybridized carbons (Fsp3) is 0.286. The van der Waals surface area contributed by atoms with Gasteiger partial charge in [0.05, 0.1) is 23.7 Å². The summed E-state index contributed by atoms with van der Waals surface area (Å²) >= 11 is 1.55. The molecule has 0 N–H and O–H groups in total. The van der Waals surface area contributed by atoms with Crippen LogP contribution in [-0.2, 0) is 23.1 Å². The highest BCUT2D eigenvalue weighted by Gasteiger charge is 2.27. The Hall–Kier alpha value is -2.22. The smallest absolute Gasteiger partial charge is 0.243 e. The van der Waals surface area contributed by atoms with E-state index in [4.69, 9.17) is 4.74 Å². The number of nitrogens with zero attached hydrogens (tertiary/aromatic N) is 2. The van der Waals surface area contributed by atoms with Gasteiger partial charge in [-0.1, -0.05) is 6.07 Å². The Bertz CT molecular complexity index is 994. The largest absolute Gasteiger partial charge is 0.493 e. The summed E-state index contributed by atoms with van der Waals surface area (Å²) in [5.41, 5.74) is 3.30. The second-order valence-corrected chi connectivity index (χ2v) is 9.26. The number of hydrogen-bond acceptors (Lipinski definition) is 5. The SMILES string of the molecule is CCOc1c(C)cc(S(=O)(=O)N(Cc2ccsc2)Cc2ccccn2)cc1C. The molecule has 7 heteroatoms. The molecule has 1 aromatic carbocycles. The molecule has 28 heavy (non-hydrogen) atoms. The summed E-state index contributed by atoms with van der Waals surface area (Å²) in [5, 5.41) is 3.92. The van der Waals surface area contributed by atoms with E-state index in [1.54, 1.807) is 29.7 Å². The second kappa shape index (κ2) is 8.86. The van der Waals surface area contributed by atoms with Crippen molar-refractivity contribution in [3.05, 3.63) is 75.7 Å². The molecule has 0 fully saturated rings. The lowest BCUT2D eigenvalue weighted by atomic mass is 10.1. The minimum atomic E-state index is -3.71. The molecular weight excluding hydrogens is 392 g/mol. The molecule has 0 aliphatic rings. The van der Waals surface area contributed by atoms with Gasteiger partial charge in [-0.25, -0.2) is 8.42 Å². The molecule has 148 valence electrons. The van der Waals surface area contributed by atoms with Gasteiger partial charge in [0.25, 0.3) is 0 Å². The van der Waals surface area contributed by atoms with Crippen molar-refractivity contribution in [3.8, 4) is 5.75 Å². The molecule has 0 saturated carbocycles. The van der Waals surface area contributed by atoms with E-state index in [9.17, 15) is 8.42 Å². The monoisotopic (exact) mass is 416 g/mol. The zero-order valence-corrected chi connectivity index (χ0v) is 17.9. The minimum Gasteiger partial charge on any atom is -0.493 e. The first-order chi connectivity index (χ1) is 13.4. The Morgan fingerprint density at radius 2 is 1.86 bits per heavy atom. The van der Waals surface area contributed by atoms with Crippen LogP contribution in [-0.4, -0.2) is 24.3 Å². The number of rotatable bonds is 8. The Morgan fingerprint density at radius 1 is 1.11 bits per heavy atom. The molecule has 0 aliphatic carbocycles. The van der Waals surface area contributed by atoms with Gasteiger partial charge in [-0.2, -0.15) is 15.6 Å². The van der Waals surface area contributed by atoms with Crippen LogP contribution in [0.1, 0.15) is 29.3 Å². The summed E-state index contributed by atoms with van der Waals surface area (Å²) in [7, 11) is -3.71. The fourth-order valence-electron chi connectivity index (χ4n) is 3.07. The zero-order chi connectivity index (χ0) is 20.1. The van der Waals surface area contributed by atoms with Crippen molar-refractivity contribution >= 4 is 21.4 Å². The quantitative estimate of drug-likeness (QED) is 0.540. The highest BCUT2D eigenvalue weighted by atomic mass is 32.2. The van der Waals surface area contributed by atoms with E-state index in [0.717, 1.165) is 22.4 Å². The van der Waals surface area contributed by atoms with E-state index in [1.807, 2.05) is 55.8 Å². The molecule has 0 bridgehead atoms. The van der Waals surface area contributed by atoms with Crippen molar-refractivity contribution in [1.29, 1.82) is 0 Å². The van der Waals surface area contributed by atoms with Gasteiger partial charge in [0.2, 0.25) is 10.0 Å². The van der Waals surface area contributed by atoms with Crippen LogP contribution in [0.5, 0.6) is 5.75 Å². The highest BCUT2D eigenvalue weighted by molar-refractivity contribution is 7.89. The van der Waals surface area contributed by atoms with Crippen LogP contribution in [0, 0.1) is 13.8 Å². The van der Waals surface area contributed by atoms with Crippen molar-refractivity contribution in [1.82, 2.24) is 9.29 Å². The summed E-state index contributed by atoms with van der Waals surface area (Å²) in [4.78, 5) is 4.58. The topological polar surface area (TPSA) is 59.5 Å². The first kappa shape index (κ1) is 20.5. The Kier molecular flexibility index (Phi) is 6.49. The molecule has 0 atom stereocenters. The van der Waals surface area contributed by atoms with Gasteiger partial charge in [-0.3, -0.25) is 4.98 Å². The third-order valence-corrected chi connectivity index (χ3v) is 6.87. The lowest BCUT2D eigenvalue weighted by molar-refractivity contribution is 0.335. The third-order valence-electron chi connectivity index (χ3n) is 4.36. The van der Waals surface area contributed by atoms with Crippen LogP contribution < -0.4 is 4.74 Å². The molecule has 0 amide bonds. The number of aromatic nitrogens is 1. The minimum absolute atomic E-state index is 0.213. The number of aryl methyl sites for hydroxylation is 2. The van der Waals surface area contributed by atoms with Gasteiger partial charge in [0.15, 0.2) is 0 Å². The van der Waals surface area contributed by atoms with Crippen LogP contribution in [0.25, 0.3) is 0 Å². The molecular formula is C21H24N2O3S2. The van der Waals surface area contributed by atoms with Crippen molar-refractivity contribution in [2.45, 2.75) is 38.8 Å². The maximum absolute atomic E-state index is 13.5. The van der Waals surface area contributed by atoms with Gasteiger partial charge >= 0.3 is 0 Å². The molecule has 0 unspecified atom stereocenters. The van der Waals surface area contributed by atoms with Crippen LogP contribution in [0.3, 0.4) is 0 Å². The predicted molar refractivity (Wildman–Crippen MR) is 112 cm³/mol. The van der Waals surface area contributed by atoms with Crippen LogP contribution in [0.2, 0.25) is 0 Å². The van der Waals surface area contributed by atoms with Gasteiger partial charge in [-0.15, -0.1) is 0 Å². The molecule has 2 heterocycles. The second-order valence-electron chi connectivity index (χ2n) is 6.54. The van der Waals surface area contributed by atoms with E-state index < -0.39 is 10.0 Å². The van der Waals surface area contributed by atoms with Gasteiger partial charge in [-0.05, 0) is 78.6 Å². The summed E-state index contributed by atoms with van der Waals surface area (Å²) in [6.07, 6.45) is 1.68. The molecule has 0 saturated heterocycles. The average Bonchev–Trinajstić information content (AvgIpc) is 3.18. The van der Waals surface area contributed by atoms with Crippen molar-refractivity contribution in [3.63, 3.8) is 0 Å². The molecule has 0 aliphatic heterocycles. The van der Waals surface area contributed by atoms with Crippen molar-refractivity contribution in [2.75, 3.05) is 6.61 Å². The van der Waals surface area contributed by atoms with E-state index in [2.05, 4.69) is 4.98 Å². The molecule has 0 radical (unpaired) electrons. The normalized spacial score (nSPS) is 11.7. The van der Waals surface area contributed by atoms with E-state index >= 15 is 0 Å². The molecule has 5 nitrogen and oxygen atoms in total. The lowest BCUT2D eigenvalue weighted by Crippen LogP contribution is -2.30. The lowest BCUT2D eigenvalue weighted by Gasteiger charge is -2.23.